The lowest BCUT2D eigenvalue weighted by Gasteiger charge is -2.20. The maximum Gasteiger partial charge on any atom is 0.228 e. The molecule has 0 aliphatic heterocycles. The highest BCUT2D eigenvalue weighted by atomic mass is 16.2. The first-order chi connectivity index (χ1) is 9.69. The number of nitrogens with zero attached hydrogens (tertiary/aromatic N) is 1. The van der Waals surface area contributed by atoms with Gasteiger partial charge in [-0.3, -0.25) is 9.59 Å². The topological polar surface area (TPSA) is 71.1 Å². The minimum atomic E-state index is -0.0502. The van der Waals surface area contributed by atoms with Gasteiger partial charge in [-0.05, 0) is 25.0 Å². The van der Waals surface area contributed by atoms with Crippen molar-refractivity contribution in [2.45, 2.75) is 45.4 Å². The Hall–Kier alpha value is -1.91. The second-order valence-electron chi connectivity index (χ2n) is 5.16. The zero-order valence-corrected chi connectivity index (χ0v) is 11.8. The number of pyridine rings is 1. The molecule has 2 rings (SSSR count). The van der Waals surface area contributed by atoms with Gasteiger partial charge >= 0.3 is 0 Å². The van der Waals surface area contributed by atoms with Crippen LogP contribution in [0.25, 0.3) is 0 Å². The SMILES string of the molecule is CCC(=O)Nc1ccc(NC(=O)C2CCCCC2)nc1. The molecule has 1 saturated carbocycles. The first kappa shape index (κ1) is 14.5. The molecule has 1 fully saturated rings. The Labute approximate surface area is 119 Å². The van der Waals surface area contributed by atoms with Crippen LogP contribution in [0.3, 0.4) is 0 Å². The summed E-state index contributed by atoms with van der Waals surface area (Å²) in [6.07, 6.45) is 7.42. The van der Waals surface area contributed by atoms with Crippen LogP contribution in [-0.2, 0) is 9.59 Å². The van der Waals surface area contributed by atoms with Crippen LogP contribution in [0.15, 0.2) is 18.3 Å². The smallest absolute Gasteiger partial charge is 0.228 e. The number of aromatic nitrogens is 1. The molecule has 0 spiro atoms. The Morgan fingerprint density at radius 1 is 1.20 bits per heavy atom. The molecule has 108 valence electrons. The van der Waals surface area contributed by atoms with Crippen LogP contribution < -0.4 is 10.6 Å². The number of carbonyl (C=O) groups is 2. The third-order valence-electron chi connectivity index (χ3n) is 3.60. The van der Waals surface area contributed by atoms with Crippen LogP contribution in [0.4, 0.5) is 11.5 Å². The molecule has 1 aliphatic rings. The van der Waals surface area contributed by atoms with Crippen molar-refractivity contribution in [1.29, 1.82) is 0 Å². The Balaban J connectivity index is 1.89. The normalized spacial score (nSPS) is 15.7. The van der Waals surface area contributed by atoms with Crippen LogP contribution in [-0.4, -0.2) is 16.8 Å². The Bertz CT molecular complexity index is 465. The summed E-state index contributed by atoms with van der Waals surface area (Å²) in [5, 5.41) is 5.56. The molecule has 1 aromatic heterocycles. The van der Waals surface area contributed by atoms with Crippen LogP contribution in [0.1, 0.15) is 45.4 Å². The number of anilines is 2. The van der Waals surface area contributed by atoms with Crippen LogP contribution >= 0.6 is 0 Å². The van der Waals surface area contributed by atoms with E-state index in [1.54, 1.807) is 25.3 Å². The lowest BCUT2D eigenvalue weighted by Crippen LogP contribution is -2.25. The number of rotatable bonds is 4. The largest absolute Gasteiger partial charge is 0.325 e. The predicted molar refractivity (Wildman–Crippen MR) is 78.4 cm³/mol. The molecule has 1 aromatic rings. The summed E-state index contributed by atoms with van der Waals surface area (Å²) in [5.74, 6) is 0.661. The van der Waals surface area contributed by atoms with Gasteiger partial charge in [0.05, 0.1) is 11.9 Å². The van der Waals surface area contributed by atoms with E-state index >= 15 is 0 Å². The van der Waals surface area contributed by atoms with Gasteiger partial charge in [-0.25, -0.2) is 4.98 Å². The molecular weight excluding hydrogens is 254 g/mol. The monoisotopic (exact) mass is 275 g/mol. The van der Waals surface area contributed by atoms with Crippen molar-refractivity contribution in [2.24, 2.45) is 5.92 Å². The first-order valence-electron chi connectivity index (χ1n) is 7.26. The number of hydrogen-bond donors (Lipinski definition) is 2. The fourth-order valence-corrected chi connectivity index (χ4v) is 2.38. The summed E-state index contributed by atoms with van der Waals surface area (Å²) in [7, 11) is 0. The van der Waals surface area contributed by atoms with Crippen molar-refractivity contribution in [3.05, 3.63) is 18.3 Å². The minimum absolute atomic E-state index is 0.0502. The summed E-state index contributed by atoms with van der Waals surface area (Å²) in [5.41, 5.74) is 0.646. The van der Waals surface area contributed by atoms with Gasteiger partial charge in [0.1, 0.15) is 5.82 Å². The van der Waals surface area contributed by atoms with Gasteiger partial charge in [-0.1, -0.05) is 26.2 Å². The number of carbonyl (C=O) groups excluding carboxylic acids is 2. The second-order valence-corrected chi connectivity index (χ2v) is 5.16. The molecule has 2 amide bonds. The molecule has 0 saturated heterocycles. The van der Waals surface area contributed by atoms with Crippen LogP contribution in [0, 0.1) is 5.92 Å². The summed E-state index contributed by atoms with van der Waals surface area (Å²) in [4.78, 5) is 27.5. The quantitative estimate of drug-likeness (QED) is 0.887. The zero-order chi connectivity index (χ0) is 14.4. The summed E-state index contributed by atoms with van der Waals surface area (Å²) >= 11 is 0. The van der Waals surface area contributed by atoms with Gasteiger partial charge in [0.2, 0.25) is 11.8 Å². The molecule has 0 unspecified atom stereocenters. The molecule has 0 bridgehead atoms. The van der Waals surface area contributed by atoms with E-state index in [-0.39, 0.29) is 17.7 Å². The Morgan fingerprint density at radius 2 is 1.95 bits per heavy atom. The molecule has 5 nitrogen and oxygen atoms in total. The number of nitrogens with one attached hydrogen (secondary N) is 2. The van der Waals surface area contributed by atoms with E-state index in [0.717, 1.165) is 25.7 Å². The highest BCUT2D eigenvalue weighted by Gasteiger charge is 2.21. The van der Waals surface area contributed by atoms with E-state index in [2.05, 4.69) is 15.6 Å². The van der Waals surface area contributed by atoms with Gasteiger partial charge < -0.3 is 10.6 Å². The molecule has 1 heterocycles. The minimum Gasteiger partial charge on any atom is -0.325 e. The molecule has 20 heavy (non-hydrogen) atoms. The van der Waals surface area contributed by atoms with Gasteiger partial charge in [0, 0.05) is 12.3 Å². The van der Waals surface area contributed by atoms with Crippen molar-refractivity contribution in [1.82, 2.24) is 4.98 Å². The fourth-order valence-electron chi connectivity index (χ4n) is 2.38. The lowest BCUT2D eigenvalue weighted by atomic mass is 9.89. The van der Waals surface area contributed by atoms with Gasteiger partial charge in [0.15, 0.2) is 0 Å². The third kappa shape index (κ3) is 4.05. The van der Waals surface area contributed by atoms with E-state index in [4.69, 9.17) is 0 Å². The molecule has 2 N–H and O–H groups in total. The molecular formula is C15H21N3O2. The summed E-state index contributed by atoms with van der Waals surface area (Å²) < 4.78 is 0. The molecule has 0 aromatic carbocycles. The molecule has 1 aliphatic carbocycles. The summed E-state index contributed by atoms with van der Waals surface area (Å²) in [6.45, 7) is 1.79. The molecule has 0 radical (unpaired) electrons. The van der Waals surface area contributed by atoms with Crippen molar-refractivity contribution in [2.75, 3.05) is 10.6 Å². The number of amides is 2. The Morgan fingerprint density at radius 3 is 2.55 bits per heavy atom. The third-order valence-corrected chi connectivity index (χ3v) is 3.60. The van der Waals surface area contributed by atoms with Gasteiger partial charge in [-0.2, -0.15) is 0 Å². The fraction of sp³-hybridized carbons (Fsp3) is 0.533. The lowest BCUT2D eigenvalue weighted by molar-refractivity contribution is -0.120. The molecule has 0 atom stereocenters. The van der Waals surface area contributed by atoms with Crippen molar-refractivity contribution in [3.8, 4) is 0 Å². The van der Waals surface area contributed by atoms with E-state index in [1.807, 2.05) is 0 Å². The zero-order valence-electron chi connectivity index (χ0n) is 11.8. The van der Waals surface area contributed by atoms with E-state index in [1.165, 1.54) is 6.42 Å². The standard InChI is InChI=1S/C15H21N3O2/c1-2-14(19)17-12-8-9-13(16-10-12)18-15(20)11-6-4-3-5-7-11/h8-11H,2-7H2,1H3,(H,17,19)(H,16,18,20). The predicted octanol–water partition coefficient (Wildman–Crippen LogP) is 2.95. The van der Waals surface area contributed by atoms with Crippen LogP contribution in [0.2, 0.25) is 0 Å². The van der Waals surface area contributed by atoms with Crippen molar-refractivity contribution < 1.29 is 9.59 Å². The Kier molecular flexibility index (Phi) is 5.09. The highest BCUT2D eigenvalue weighted by molar-refractivity contribution is 5.92. The van der Waals surface area contributed by atoms with Gasteiger partial charge in [-0.15, -0.1) is 0 Å². The number of hydrogen-bond acceptors (Lipinski definition) is 3. The van der Waals surface area contributed by atoms with E-state index in [0.29, 0.717) is 17.9 Å². The first-order valence-corrected chi connectivity index (χ1v) is 7.26. The summed E-state index contributed by atoms with van der Waals surface area (Å²) in [6, 6.07) is 3.46. The maximum absolute atomic E-state index is 12.1. The molecule has 5 heteroatoms. The average Bonchev–Trinajstić information content (AvgIpc) is 2.50. The van der Waals surface area contributed by atoms with Crippen molar-refractivity contribution >= 4 is 23.3 Å². The van der Waals surface area contributed by atoms with Gasteiger partial charge in [0.25, 0.3) is 0 Å². The maximum atomic E-state index is 12.1. The van der Waals surface area contributed by atoms with E-state index < -0.39 is 0 Å². The van der Waals surface area contributed by atoms with Crippen molar-refractivity contribution in [3.63, 3.8) is 0 Å². The highest BCUT2D eigenvalue weighted by Crippen LogP contribution is 2.24. The second kappa shape index (κ2) is 7.03. The van der Waals surface area contributed by atoms with Crippen LogP contribution in [0.5, 0.6) is 0 Å². The average molecular weight is 275 g/mol. The van der Waals surface area contributed by atoms with E-state index in [9.17, 15) is 9.59 Å².